The van der Waals surface area contributed by atoms with E-state index in [0.29, 0.717) is 23.7 Å². The number of hydrogen-bond acceptors (Lipinski definition) is 3. The van der Waals surface area contributed by atoms with Crippen molar-refractivity contribution in [3.8, 4) is 0 Å². The minimum atomic E-state index is 0.350. The van der Waals surface area contributed by atoms with Gasteiger partial charge in [-0.25, -0.2) is 0 Å². The Hall–Kier alpha value is -0.220. The standard InChI is InChI=1S/C13H24N2OS/c1-3-14-8-4-6-11(14)12-7-5-9-15(12)13(16)10-17-2/h11-12H,3-10H2,1-2H3/t11-,12+/m1/s1. The molecule has 2 heterocycles. The Bertz CT molecular complexity index is 272. The van der Waals surface area contributed by atoms with Crippen molar-refractivity contribution in [1.82, 2.24) is 9.80 Å². The Morgan fingerprint density at radius 2 is 1.94 bits per heavy atom. The van der Waals surface area contributed by atoms with Crippen LogP contribution >= 0.6 is 11.8 Å². The van der Waals surface area contributed by atoms with E-state index in [4.69, 9.17) is 0 Å². The molecule has 0 aromatic heterocycles. The Balaban J connectivity index is 2.01. The van der Waals surface area contributed by atoms with Crippen molar-refractivity contribution >= 4 is 17.7 Å². The zero-order valence-electron chi connectivity index (χ0n) is 11.0. The van der Waals surface area contributed by atoms with E-state index in [-0.39, 0.29) is 0 Å². The molecule has 3 nitrogen and oxygen atoms in total. The molecule has 0 radical (unpaired) electrons. The normalized spacial score (nSPS) is 30.1. The first-order valence-corrected chi connectivity index (χ1v) is 8.19. The number of nitrogens with zero attached hydrogens (tertiary/aromatic N) is 2. The van der Waals surface area contributed by atoms with Crippen LogP contribution < -0.4 is 0 Å². The van der Waals surface area contributed by atoms with E-state index in [1.165, 1.54) is 32.2 Å². The summed E-state index contributed by atoms with van der Waals surface area (Å²) in [5.41, 5.74) is 0. The van der Waals surface area contributed by atoms with E-state index in [1.807, 2.05) is 6.26 Å². The molecular weight excluding hydrogens is 232 g/mol. The van der Waals surface area contributed by atoms with Gasteiger partial charge in [-0.2, -0.15) is 11.8 Å². The van der Waals surface area contributed by atoms with Crippen LogP contribution in [0.25, 0.3) is 0 Å². The molecular formula is C13H24N2OS. The highest BCUT2D eigenvalue weighted by molar-refractivity contribution is 7.99. The van der Waals surface area contributed by atoms with E-state index >= 15 is 0 Å². The summed E-state index contributed by atoms with van der Waals surface area (Å²) in [4.78, 5) is 16.8. The predicted molar refractivity (Wildman–Crippen MR) is 73.4 cm³/mol. The molecule has 4 heteroatoms. The third-order valence-corrected chi connectivity index (χ3v) is 4.69. The fourth-order valence-electron chi connectivity index (χ4n) is 3.39. The lowest BCUT2D eigenvalue weighted by Gasteiger charge is -2.34. The average Bonchev–Trinajstić information content (AvgIpc) is 2.97. The number of thioether (sulfide) groups is 1. The van der Waals surface area contributed by atoms with Crippen molar-refractivity contribution in [3.05, 3.63) is 0 Å². The highest BCUT2D eigenvalue weighted by Crippen LogP contribution is 2.30. The molecule has 2 rings (SSSR count). The van der Waals surface area contributed by atoms with E-state index < -0.39 is 0 Å². The van der Waals surface area contributed by atoms with E-state index in [2.05, 4.69) is 16.7 Å². The van der Waals surface area contributed by atoms with Crippen LogP contribution in [0, 0.1) is 0 Å². The largest absolute Gasteiger partial charge is 0.337 e. The third kappa shape index (κ3) is 2.79. The molecule has 0 N–H and O–H groups in total. The minimum absolute atomic E-state index is 0.350. The summed E-state index contributed by atoms with van der Waals surface area (Å²) in [7, 11) is 0. The number of hydrogen-bond donors (Lipinski definition) is 0. The predicted octanol–water partition coefficient (Wildman–Crippen LogP) is 1.82. The summed E-state index contributed by atoms with van der Waals surface area (Å²) < 4.78 is 0. The Labute approximate surface area is 109 Å². The van der Waals surface area contributed by atoms with Crippen LogP contribution in [0.1, 0.15) is 32.6 Å². The molecule has 17 heavy (non-hydrogen) atoms. The smallest absolute Gasteiger partial charge is 0.232 e. The van der Waals surface area contributed by atoms with Crippen LogP contribution in [0.15, 0.2) is 0 Å². The monoisotopic (exact) mass is 256 g/mol. The molecule has 0 aromatic rings. The first-order chi connectivity index (χ1) is 8.27. The van der Waals surface area contributed by atoms with Crippen molar-refractivity contribution < 1.29 is 4.79 Å². The van der Waals surface area contributed by atoms with Crippen molar-refractivity contribution in [2.45, 2.75) is 44.7 Å². The fourth-order valence-corrected chi connectivity index (χ4v) is 3.80. The summed E-state index contributed by atoms with van der Waals surface area (Å²) in [6, 6.07) is 1.13. The van der Waals surface area contributed by atoms with E-state index in [0.717, 1.165) is 13.1 Å². The number of carbonyl (C=O) groups is 1. The Kier molecular flexibility index (Phi) is 4.74. The molecule has 0 unspecified atom stereocenters. The van der Waals surface area contributed by atoms with Crippen molar-refractivity contribution in [2.75, 3.05) is 31.6 Å². The van der Waals surface area contributed by atoms with Crippen molar-refractivity contribution in [3.63, 3.8) is 0 Å². The second kappa shape index (κ2) is 6.10. The topological polar surface area (TPSA) is 23.6 Å². The number of rotatable bonds is 4. The summed E-state index contributed by atoms with van der Waals surface area (Å²) >= 11 is 1.64. The highest BCUT2D eigenvalue weighted by Gasteiger charge is 2.38. The molecule has 2 saturated heterocycles. The van der Waals surface area contributed by atoms with Crippen LogP contribution in [0.2, 0.25) is 0 Å². The van der Waals surface area contributed by atoms with Crippen molar-refractivity contribution in [2.24, 2.45) is 0 Å². The maximum atomic E-state index is 12.1. The quantitative estimate of drug-likeness (QED) is 0.766. The molecule has 2 atom stereocenters. The van der Waals surface area contributed by atoms with E-state index in [9.17, 15) is 4.79 Å². The lowest BCUT2D eigenvalue weighted by Crippen LogP contribution is -2.48. The molecule has 98 valence electrons. The van der Waals surface area contributed by atoms with Gasteiger partial charge in [0.15, 0.2) is 0 Å². The number of likely N-dealkylation sites (N-methyl/N-ethyl adjacent to an activating group) is 1. The number of amides is 1. The van der Waals surface area contributed by atoms with Gasteiger partial charge in [0.1, 0.15) is 0 Å². The average molecular weight is 256 g/mol. The second-order valence-corrected chi connectivity index (χ2v) is 5.93. The lowest BCUT2D eigenvalue weighted by atomic mass is 10.0. The third-order valence-electron chi connectivity index (χ3n) is 4.15. The van der Waals surface area contributed by atoms with Crippen LogP contribution in [0.4, 0.5) is 0 Å². The molecule has 0 aromatic carbocycles. The Morgan fingerprint density at radius 3 is 2.65 bits per heavy atom. The maximum absolute atomic E-state index is 12.1. The lowest BCUT2D eigenvalue weighted by molar-refractivity contribution is -0.130. The minimum Gasteiger partial charge on any atom is -0.337 e. The van der Waals surface area contributed by atoms with Gasteiger partial charge < -0.3 is 4.90 Å². The maximum Gasteiger partial charge on any atom is 0.232 e. The van der Waals surface area contributed by atoms with Crippen LogP contribution in [0.5, 0.6) is 0 Å². The summed E-state index contributed by atoms with van der Waals surface area (Å²) in [5, 5.41) is 0. The molecule has 1 amide bonds. The molecule has 0 saturated carbocycles. The number of carbonyl (C=O) groups excluding carboxylic acids is 1. The molecule has 0 aliphatic carbocycles. The zero-order valence-corrected chi connectivity index (χ0v) is 11.8. The van der Waals surface area contributed by atoms with Gasteiger partial charge in [0, 0.05) is 18.6 Å². The van der Waals surface area contributed by atoms with Gasteiger partial charge in [-0.3, -0.25) is 9.69 Å². The van der Waals surface area contributed by atoms with Crippen molar-refractivity contribution in [1.29, 1.82) is 0 Å². The fraction of sp³-hybridized carbons (Fsp3) is 0.923. The summed E-state index contributed by atoms with van der Waals surface area (Å²) in [5.74, 6) is 0.998. The van der Waals surface area contributed by atoms with Crippen LogP contribution in [-0.2, 0) is 4.79 Å². The van der Waals surface area contributed by atoms with Gasteiger partial charge in [0.05, 0.1) is 5.75 Å². The molecule has 2 aliphatic rings. The number of likely N-dealkylation sites (tertiary alicyclic amines) is 2. The van der Waals surface area contributed by atoms with Crippen LogP contribution in [-0.4, -0.2) is 59.4 Å². The first kappa shape index (κ1) is 13.2. The highest BCUT2D eigenvalue weighted by atomic mass is 32.2. The van der Waals surface area contributed by atoms with Crippen LogP contribution in [0.3, 0.4) is 0 Å². The summed E-state index contributed by atoms with van der Waals surface area (Å²) in [6.45, 7) is 5.58. The molecule has 2 fully saturated rings. The first-order valence-electron chi connectivity index (χ1n) is 6.80. The van der Waals surface area contributed by atoms with Gasteiger partial charge in [-0.15, -0.1) is 0 Å². The van der Waals surface area contributed by atoms with E-state index in [1.54, 1.807) is 11.8 Å². The zero-order chi connectivity index (χ0) is 12.3. The van der Waals surface area contributed by atoms with Gasteiger partial charge >= 0.3 is 0 Å². The molecule has 0 spiro atoms. The summed E-state index contributed by atoms with van der Waals surface area (Å²) in [6.07, 6.45) is 7.00. The molecule has 2 aliphatic heterocycles. The van der Waals surface area contributed by atoms with Gasteiger partial charge in [-0.05, 0) is 45.0 Å². The second-order valence-electron chi connectivity index (χ2n) is 5.07. The van der Waals surface area contributed by atoms with Gasteiger partial charge in [0.25, 0.3) is 0 Å². The SMILES string of the molecule is CCN1CCC[C@@H]1[C@@H]1CCCN1C(=O)CSC. The Morgan fingerprint density at radius 1 is 1.24 bits per heavy atom. The van der Waals surface area contributed by atoms with Gasteiger partial charge in [0.2, 0.25) is 5.91 Å². The van der Waals surface area contributed by atoms with Gasteiger partial charge in [-0.1, -0.05) is 6.92 Å². The molecule has 0 bridgehead atoms.